The quantitative estimate of drug-likeness (QED) is 0.418. The molecule has 180 valence electrons. The van der Waals surface area contributed by atoms with Gasteiger partial charge < -0.3 is 24.1 Å². The number of carbonyl (C=O) groups excluding carboxylic acids is 1. The van der Waals surface area contributed by atoms with Crippen LogP contribution in [0.4, 0.5) is 5.69 Å². The first kappa shape index (κ1) is 22.9. The molecule has 2 aromatic carbocycles. The lowest BCUT2D eigenvalue weighted by Crippen LogP contribution is -2.36. The van der Waals surface area contributed by atoms with E-state index in [2.05, 4.69) is 16.4 Å². The minimum Gasteiger partial charge on any atom is -0.495 e. The second-order valence-corrected chi connectivity index (χ2v) is 8.78. The second kappa shape index (κ2) is 10.6. The maximum Gasteiger partial charge on any atom is 0.254 e. The van der Waals surface area contributed by atoms with Crippen molar-refractivity contribution in [2.24, 2.45) is 5.92 Å². The third-order valence-corrected chi connectivity index (χ3v) is 6.37. The summed E-state index contributed by atoms with van der Waals surface area (Å²) in [6.07, 6.45) is 6.10. The van der Waals surface area contributed by atoms with E-state index in [-0.39, 0.29) is 11.8 Å². The molecule has 35 heavy (non-hydrogen) atoms. The van der Waals surface area contributed by atoms with Gasteiger partial charge in [0.25, 0.3) is 5.91 Å². The average molecular weight is 472 g/mol. The Morgan fingerprint density at radius 1 is 1.20 bits per heavy atom. The Bertz CT molecular complexity index is 1290. The molecule has 0 aliphatic carbocycles. The Morgan fingerprint density at radius 2 is 2.14 bits per heavy atom. The fraction of sp³-hybridized carbons (Fsp3) is 0.286. The number of anilines is 1. The molecule has 0 spiro atoms. The number of methoxy groups -OCH3 is 1. The number of hydrogen-bond donors (Lipinski definition) is 1. The molecule has 3 heterocycles. The monoisotopic (exact) mass is 471 g/mol. The van der Waals surface area contributed by atoms with Crippen molar-refractivity contribution in [2.45, 2.75) is 13.0 Å². The van der Waals surface area contributed by atoms with Crippen molar-refractivity contribution in [3.8, 4) is 5.75 Å². The number of pyridine rings is 1. The predicted molar refractivity (Wildman–Crippen MR) is 135 cm³/mol. The molecule has 4 aromatic rings. The number of hydrogen-bond acceptors (Lipinski definition) is 6. The molecule has 7 heteroatoms. The molecule has 0 unspecified atom stereocenters. The highest BCUT2D eigenvalue weighted by atomic mass is 16.5. The predicted octanol–water partition coefficient (Wildman–Crippen LogP) is 4.78. The maximum atomic E-state index is 13.5. The van der Waals surface area contributed by atoms with Crippen LogP contribution < -0.4 is 10.1 Å². The average Bonchev–Trinajstić information content (AvgIpc) is 3.27. The van der Waals surface area contributed by atoms with E-state index < -0.39 is 0 Å². The first-order valence-corrected chi connectivity index (χ1v) is 11.8. The van der Waals surface area contributed by atoms with Crippen molar-refractivity contribution in [1.82, 2.24) is 9.88 Å². The molecule has 1 fully saturated rings. The van der Waals surface area contributed by atoms with E-state index in [0.29, 0.717) is 44.2 Å². The van der Waals surface area contributed by atoms with E-state index in [1.165, 1.54) is 5.56 Å². The van der Waals surface area contributed by atoms with E-state index in [4.69, 9.17) is 13.9 Å². The van der Waals surface area contributed by atoms with E-state index >= 15 is 0 Å². The van der Waals surface area contributed by atoms with Gasteiger partial charge in [-0.3, -0.25) is 9.78 Å². The van der Waals surface area contributed by atoms with Gasteiger partial charge in [-0.25, -0.2) is 0 Å². The summed E-state index contributed by atoms with van der Waals surface area (Å²) in [5.74, 6) is 0.883. The van der Waals surface area contributed by atoms with E-state index in [9.17, 15) is 4.79 Å². The van der Waals surface area contributed by atoms with Crippen molar-refractivity contribution in [3.05, 3.63) is 89.9 Å². The summed E-state index contributed by atoms with van der Waals surface area (Å²) in [4.78, 5) is 19.6. The summed E-state index contributed by atoms with van der Waals surface area (Å²) >= 11 is 0. The van der Waals surface area contributed by atoms with E-state index in [1.54, 1.807) is 19.6 Å². The fourth-order valence-electron chi connectivity index (χ4n) is 4.60. The van der Waals surface area contributed by atoms with Crippen LogP contribution in [0.25, 0.3) is 11.0 Å². The lowest BCUT2D eigenvalue weighted by atomic mass is 9.97. The smallest absolute Gasteiger partial charge is 0.254 e. The molecule has 0 bridgehead atoms. The van der Waals surface area contributed by atoms with Crippen LogP contribution in [0.5, 0.6) is 5.75 Å². The molecule has 0 saturated carbocycles. The number of nitrogens with one attached hydrogen (secondary N) is 1. The standard InChI is InChI=1S/C28H29N3O4/c1-33-27-8-7-23(15-25(27)30-17-20-4-3-10-29-16-20)28(32)31-11-13-34-19-21(18-31)14-22-5-2-6-26-24(22)9-12-35-26/h2-10,12,15-16,21,30H,11,13-14,17-19H2,1H3/t21-/m0/s1. The lowest BCUT2D eigenvalue weighted by Gasteiger charge is -2.24. The summed E-state index contributed by atoms with van der Waals surface area (Å²) in [5.41, 5.74) is 4.54. The summed E-state index contributed by atoms with van der Waals surface area (Å²) in [7, 11) is 1.63. The van der Waals surface area contributed by atoms with Gasteiger partial charge in [0.1, 0.15) is 11.3 Å². The van der Waals surface area contributed by atoms with Crippen molar-refractivity contribution < 1.29 is 18.7 Å². The third-order valence-electron chi connectivity index (χ3n) is 6.37. The Morgan fingerprint density at radius 3 is 3.00 bits per heavy atom. The molecular formula is C28H29N3O4. The number of ether oxygens (including phenoxy) is 2. The Balaban J connectivity index is 1.31. The summed E-state index contributed by atoms with van der Waals surface area (Å²) in [6.45, 7) is 2.94. The number of carbonyl (C=O) groups is 1. The summed E-state index contributed by atoms with van der Waals surface area (Å²) in [6, 6.07) is 17.5. The summed E-state index contributed by atoms with van der Waals surface area (Å²) < 4.78 is 16.9. The van der Waals surface area contributed by atoms with Gasteiger partial charge >= 0.3 is 0 Å². The SMILES string of the molecule is COc1ccc(C(=O)N2CCOC[C@@H](Cc3cccc4occc34)C2)cc1NCc1cccnc1. The Hall–Kier alpha value is -3.84. The number of aromatic nitrogens is 1. The van der Waals surface area contributed by atoms with Crippen LogP contribution in [0.15, 0.2) is 77.7 Å². The van der Waals surface area contributed by atoms with Gasteiger partial charge in [0.05, 0.1) is 32.3 Å². The molecule has 1 atom stereocenters. The van der Waals surface area contributed by atoms with E-state index in [0.717, 1.165) is 28.6 Å². The van der Waals surface area contributed by atoms with Crippen molar-refractivity contribution >= 4 is 22.6 Å². The van der Waals surface area contributed by atoms with Crippen LogP contribution in [0, 0.1) is 5.92 Å². The van der Waals surface area contributed by atoms with Crippen molar-refractivity contribution in [3.63, 3.8) is 0 Å². The Labute approximate surface area is 204 Å². The zero-order valence-corrected chi connectivity index (χ0v) is 19.8. The fourth-order valence-corrected chi connectivity index (χ4v) is 4.60. The maximum absolute atomic E-state index is 13.5. The van der Waals surface area contributed by atoms with Gasteiger partial charge in [0.2, 0.25) is 0 Å². The molecule has 1 aliphatic heterocycles. The van der Waals surface area contributed by atoms with Gasteiger partial charge in [-0.15, -0.1) is 0 Å². The van der Waals surface area contributed by atoms with Crippen LogP contribution >= 0.6 is 0 Å². The minimum absolute atomic E-state index is 0.00546. The van der Waals surface area contributed by atoms with Gasteiger partial charge in [0, 0.05) is 48.9 Å². The largest absolute Gasteiger partial charge is 0.495 e. The number of benzene rings is 2. The minimum atomic E-state index is -0.00546. The molecule has 1 N–H and O–H groups in total. The normalized spacial score (nSPS) is 16.1. The third kappa shape index (κ3) is 5.30. The van der Waals surface area contributed by atoms with E-state index in [1.807, 2.05) is 59.6 Å². The number of amides is 1. The summed E-state index contributed by atoms with van der Waals surface area (Å²) in [5, 5.41) is 4.50. The van der Waals surface area contributed by atoms with Gasteiger partial charge in [0.15, 0.2) is 0 Å². The molecule has 7 nitrogen and oxygen atoms in total. The first-order valence-electron chi connectivity index (χ1n) is 11.8. The highest BCUT2D eigenvalue weighted by Crippen LogP contribution is 2.28. The highest BCUT2D eigenvalue weighted by molar-refractivity contribution is 5.95. The molecule has 1 saturated heterocycles. The molecule has 0 radical (unpaired) electrons. The van der Waals surface area contributed by atoms with Gasteiger partial charge in [-0.2, -0.15) is 0 Å². The second-order valence-electron chi connectivity index (χ2n) is 8.78. The van der Waals surface area contributed by atoms with Crippen LogP contribution in [-0.4, -0.2) is 49.2 Å². The number of fused-ring (bicyclic) bond motifs is 1. The zero-order chi connectivity index (χ0) is 24.0. The topological polar surface area (TPSA) is 76.8 Å². The van der Waals surface area contributed by atoms with Crippen molar-refractivity contribution in [1.29, 1.82) is 0 Å². The molecule has 1 aliphatic rings. The molecular weight excluding hydrogens is 442 g/mol. The lowest BCUT2D eigenvalue weighted by molar-refractivity contribution is 0.0737. The van der Waals surface area contributed by atoms with Gasteiger partial charge in [-0.05, 0) is 53.9 Å². The van der Waals surface area contributed by atoms with Crippen molar-refractivity contribution in [2.75, 3.05) is 38.7 Å². The number of rotatable bonds is 7. The molecule has 1 amide bonds. The van der Waals surface area contributed by atoms with Crippen LogP contribution in [0.1, 0.15) is 21.5 Å². The first-order chi connectivity index (χ1) is 17.2. The molecule has 5 rings (SSSR count). The number of furan rings is 1. The van der Waals surface area contributed by atoms with Crippen LogP contribution in [-0.2, 0) is 17.7 Å². The zero-order valence-electron chi connectivity index (χ0n) is 19.8. The molecule has 2 aromatic heterocycles. The van der Waals surface area contributed by atoms with Crippen LogP contribution in [0.3, 0.4) is 0 Å². The van der Waals surface area contributed by atoms with Gasteiger partial charge in [-0.1, -0.05) is 18.2 Å². The van der Waals surface area contributed by atoms with Crippen LogP contribution in [0.2, 0.25) is 0 Å². The highest BCUT2D eigenvalue weighted by Gasteiger charge is 2.25. The number of nitrogens with zero attached hydrogens (tertiary/aromatic N) is 2. The Kier molecular flexibility index (Phi) is 6.95.